The van der Waals surface area contributed by atoms with Crippen molar-refractivity contribution in [1.29, 1.82) is 5.26 Å². The minimum Gasteiger partial charge on any atom is -0.320 e. The van der Waals surface area contributed by atoms with E-state index in [0.717, 1.165) is 14.4 Å². The van der Waals surface area contributed by atoms with E-state index in [-0.39, 0.29) is 5.91 Å². The molecule has 3 nitrogen and oxygen atoms in total. The van der Waals surface area contributed by atoms with Gasteiger partial charge in [0.25, 0.3) is 5.91 Å². The van der Waals surface area contributed by atoms with Crippen LogP contribution in [0, 0.1) is 11.3 Å². The third-order valence-corrected chi connectivity index (χ3v) is 5.10. The molecule has 0 fully saturated rings. The van der Waals surface area contributed by atoms with Gasteiger partial charge in [0.15, 0.2) is 0 Å². The predicted octanol–water partition coefficient (Wildman–Crippen LogP) is 4.77. The van der Waals surface area contributed by atoms with E-state index in [1.54, 1.807) is 17.8 Å². The number of carbonyl (C=O) groups is 1. The quantitative estimate of drug-likeness (QED) is 0.612. The molecule has 1 aromatic carbocycles. The number of thiophene rings is 1. The molecular weight excluding hydrogens is 356 g/mol. The van der Waals surface area contributed by atoms with Crippen LogP contribution in [0.2, 0.25) is 0 Å². The van der Waals surface area contributed by atoms with E-state index in [1.165, 1.54) is 11.3 Å². The number of rotatable bonds is 5. The molecule has 1 amide bonds. The highest BCUT2D eigenvalue weighted by molar-refractivity contribution is 9.11. The molecule has 1 heterocycles. The average molecular weight is 367 g/mol. The van der Waals surface area contributed by atoms with Crippen molar-refractivity contribution >= 4 is 50.6 Å². The van der Waals surface area contributed by atoms with Crippen molar-refractivity contribution in [3.8, 4) is 6.07 Å². The molecule has 0 aliphatic heterocycles. The first-order valence-electron chi connectivity index (χ1n) is 5.86. The van der Waals surface area contributed by atoms with Crippen molar-refractivity contribution in [3.63, 3.8) is 0 Å². The largest absolute Gasteiger partial charge is 0.320 e. The Kier molecular flexibility index (Phi) is 5.65. The third-order valence-electron chi connectivity index (χ3n) is 2.40. The Hall–Kier alpha value is -1.29. The van der Waals surface area contributed by atoms with Gasteiger partial charge >= 0.3 is 0 Å². The van der Waals surface area contributed by atoms with Gasteiger partial charge in [0.1, 0.15) is 0 Å². The van der Waals surface area contributed by atoms with E-state index in [0.29, 0.717) is 17.1 Å². The molecule has 6 heteroatoms. The summed E-state index contributed by atoms with van der Waals surface area (Å²) in [5, 5.41) is 11.5. The molecule has 0 atom stereocenters. The van der Waals surface area contributed by atoms with Gasteiger partial charge in [-0.15, -0.1) is 23.1 Å². The van der Waals surface area contributed by atoms with Crippen LogP contribution in [0.15, 0.2) is 45.1 Å². The van der Waals surface area contributed by atoms with Gasteiger partial charge in [-0.2, -0.15) is 5.26 Å². The maximum Gasteiger partial charge on any atom is 0.265 e. The van der Waals surface area contributed by atoms with Crippen LogP contribution in [0.5, 0.6) is 0 Å². The highest BCUT2D eigenvalue weighted by Gasteiger charge is 2.11. The molecule has 0 saturated heterocycles. The lowest BCUT2D eigenvalue weighted by atomic mass is 10.3. The predicted molar refractivity (Wildman–Crippen MR) is 87.4 cm³/mol. The Labute approximate surface area is 134 Å². The number of nitrogens with one attached hydrogen (secondary N) is 1. The van der Waals surface area contributed by atoms with Gasteiger partial charge in [-0.05, 0) is 40.2 Å². The fourth-order valence-electron chi connectivity index (χ4n) is 1.52. The minimum atomic E-state index is -0.117. The SMILES string of the molecule is N#CCCSc1ccccc1NC(=O)c1ccc(Br)s1. The lowest BCUT2D eigenvalue weighted by Crippen LogP contribution is -2.10. The van der Waals surface area contributed by atoms with Crippen LogP contribution < -0.4 is 5.32 Å². The Morgan fingerprint density at radius 2 is 2.15 bits per heavy atom. The maximum atomic E-state index is 12.1. The number of amides is 1. The molecule has 1 N–H and O–H groups in total. The van der Waals surface area contributed by atoms with Crippen LogP contribution >= 0.6 is 39.0 Å². The van der Waals surface area contributed by atoms with E-state index in [1.807, 2.05) is 30.3 Å². The summed E-state index contributed by atoms with van der Waals surface area (Å²) in [4.78, 5) is 13.8. The summed E-state index contributed by atoms with van der Waals surface area (Å²) in [5.74, 6) is 0.600. The summed E-state index contributed by atoms with van der Waals surface area (Å²) < 4.78 is 0.930. The molecule has 0 unspecified atom stereocenters. The van der Waals surface area contributed by atoms with Crippen molar-refractivity contribution in [2.75, 3.05) is 11.1 Å². The van der Waals surface area contributed by atoms with Crippen molar-refractivity contribution in [1.82, 2.24) is 0 Å². The van der Waals surface area contributed by atoms with Gasteiger partial charge < -0.3 is 5.32 Å². The maximum absolute atomic E-state index is 12.1. The number of hydrogen-bond acceptors (Lipinski definition) is 4. The van der Waals surface area contributed by atoms with Crippen molar-refractivity contribution in [2.45, 2.75) is 11.3 Å². The average Bonchev–Trinajstić information content (AvgIpc) is 2.88. The van der Waals surface area contributed by atoms with Crippen LogP contribution in [-0.4, -0.2) is 11.7 Å². The van der Waals surface area contributed by atoms with Gasteiger partial charge in [-0.1, -0.05) is 12.1 Å². The Morgan fingerprint density at radius 1 is 1.35 bits per heavy atom. The number of halogens is 1. The molecule has 2 rings (SSSR count). The lowest BCUT2D eigenvalue weighted by molar-refractivity contribution is 0.103. The first kappa shape index (κ1) is 15.1. The van der Waals surface area contributed by atoms with E-state index in [9.17, 15) is 4.79 Å². The summed E-state index contributed by atoms with van der Waals surface area (Å²) in [7, 11) is 0. The highest BCUT2D eigenvalue weighted by Crippen LogP contribution is 2.29. The number of nitrogens with zero attached hydrogens (tertiary/aromatic N) is 1. The lowest BCUT2D eigenvalue weighted by Gasteiger charge is -2.09. The summed E-state index contributed by atoms with van der Waals surface area (Å²) in [6.07, 6.45) is 0.491. The molecule has 102 valence electrons. The van der Waals surface area contributed by atoms with Gasteiger partial charge in [0.05, 0.1) is 20.4 Å². The highest BCUT2D eigenvalue weighted by atomic mass is 79.9. The fourth-order valence-corrected chi connectivity index (χ4v) is 3.67. The van der Waals surface area contributed by atoms with E-state index in [4.69, 9.17) is 5.26 Å². The minimum absolute atomic E-state index is 0.117. The van der Waals surface area contributed by atoms with Gasteiger partial charge in [-0.25, -0.2) is 0 Å². The summed E-state index contributed by atoms with van der Waals surface area (Å²) in [6, 6.07) is 13.4. The van der Waals surface area contributed by atoms with Crippen LogP contribution in [-0.2, 0) is 0 Å². The number of anilines is 1. The zero-order chi connectivity index (χ0) is 14.4. The van der Waals surface area contributed by atoms with Crippen LogP contribution in [0.25, 0.3) is 0 Å². The summed E-state index contributed by atoms with van der Waals surface area (Å²) >= 11 is 6.31. The summed E-state index contributed by atoms with van der Waals surface area (Å²) in [6.45, 7) is 0. The summed E-state index contributed by atoms with van der Waals surface area (Å²) in [5.41, 5.74) is 0.782. The van der Waals surface area contributed by atoms with E-state index in [2.05, 4.69) is 27.3 Å². The van der Waals surface area contributed by atoms with Crippen LogP contribution in [0.1, 0.15) is 16.1 Å². The number of benzene rings is 1. The van der Waals surface area contributed by atoms with Gasteiger partial charge in [0, 0.05) is 17.1 Å². The van der Waals surface area contributed by atoms with Crippen LogP contribution in [0.3, 0.4) is 0 Å². The Bertz CT molecular complexity index is 649. The van der Waals surface area contributed by atoms with Crippen LogP contribution in [0.4, 0.5) is 5.69 Å². The first-order valence-corrected chi connectivity index (χ1v) is 8.45. The zero-order valence-electron chi connectivity index (χ0n) is 10.4. The van der Waals surface area contributed by atoms with Crippen molar-refractivity contribution in [3.05, 3.63) is 45.1 Å². The van der Waals surface area contributed by atoms with Crippen molar-refractivity contribution in [2.24, 2.45) is 0 Å². The molecule has 20 heavy (non-hydrogen) atoms. The zero-order valence-corrected chi connectivity index (χ0v) is 13.6. The van der Waals surface area contributed by atoms with E-state index >= 15 is 0 Å². The Balaban J connectivity index is 2.09. The second kappa shape index (κ2) is 7.48. The molecule has 1 aromatic heterocycles. The number of para-hydroxylation sites is 1. The van der Waals surface area contributed by atoms with E-state index < -0.39 is 0 Å². The molecular formula is C14H11BrN2OS2. The monoisotopic (exact) mass is 366 g/mol. The fraction of sp³-hybridized carbons (Fsp3) is 0.143. The number of hydrogen-bond donors (Lipinski definition) is 1. The van der Waals surface area contributed by atoms with Crippen molar-refractivity contribution < 1.29 is 4.79 Å². The smallest absolute Gasteiger partial charge is 0.265 e. The number of carbonyl (C=O) groups excluding carboxylic acids is 1. The Morgan fingerprint density at radius 3 is 2.85 bits per heavy atom. The van der Waals surface area contributed by atoms with Gasteiger partial charge in [0.2, 0.25) is 0 Å². The topological polar surface area (TPSA) is 52.9 Å². The van der Waals surface area contributed by atoms with Gasteiger partial charge in [-0.3, -0.25) is 4.79 Å². The molecule has 0 bridgehead atoms. The first-order chi connectivity index (χ1) is 9.70. The number of thioether (sulfide) groups is 1. The second-order valence-corrected chi connectivity index (χ2v) is 7.41. The molecule has 0 aliphatic rings. The molecule has 2 aromatic rings. The molecule has 0 saturated carbocycles. The standard InChI is InChI=1S/C14H11BrN2OS2/c15-13-7-6-12(20-13)14(18)17-10-4-1-2-5-11(10)19-9-3-8-16/h1-2,4-7H,3,9H2,(H,17,18). The number of nitriles is 1. The third kappa shape index (κ3) is 4.10. The normalized spacial score (nSPS) is 10.0. The molecule has 0 aliphatic carbocycles. The molecule has 0 radical (unpaired) electrons. The molecule has 0 spiro atoms. The second-order valence-electron chi connectivity index (χ2n) is 3.81.